The Hall–Kier alpha value is -3.22. The van der Waals surface area contributed by atoms with Crippen LogP contribution < -0.4 is 16.0 Å². The van der Waals surface area contributed by atoms with Gasteiger partial charge in [-0.05, 0) is 36.8 Å². The van der Waals surface area contributed by atoms with Crippen LogP contribution in [0.25, 0.3) is 0 Å². The van der Waals surface area contributed by atoms with Crippen molar-refractivity contribution < 1.29 is 18.4 Å². The van der Waals surface area contributed by atoms with Gasteiger partial charge in [-0.15, -0.1) is 0 Å². The molecule has 1 heterocycles. The number of nitrogens with one attached hydrogen (secondary N) is 3. The van der Waals surface area contributed by atoms with Gasteiger partial charge in [-0.25, -0.2) is 13.6 Å². The molecule has 0 radical (unpaired) electrons. The van der Waals surface area contributed by atoms with Crippen molar-refractivity contribution in [3.63, 3.8) is 0 Å². The van der Waals surface area contributed by atoms with E-state index in [1.54, 1.807) is 13.0 Å². The van der Waals surface area contributed by atoms with Crippen LogP contribution in [0.3, 0.4) is 0 Å². The van der Waals surface area contributed by atoms with Crippen LogP contribution in [0.5, 0.6) is 0 Å². The van der Waals surface area contributed by atoms with E-state index in [9.17, 15) is 18.4 Å². The van der Waals surface area contributed by atoms with Gasteiger partial charge in [0.1, 0.15) is 11.6 Å². The number of para-hydroxylation sites is 1. The molecule has 3 amide bonds. The summed E-state index contributed by atoms with van der Waals surface area (Å²) in [6.07, 6.45) is 0. The van der Waals surface area contributed by atoms with E-state index in [4.69, 9.17) is 0 Å². The van der Waals surface area contributed by atoms with Crippen molar-refractivity contribution in [2.24, 2.45) is 0 Å². The molecule has 3 N–H and O–H groups in total. The SMILES string of the molecule is CC1=C(C(=O)Nc2ccccc2F)[C@H](c2ccc(F)cc2)NC(=O)N1. The molecule has 0 unspecified atom stereocenters. The molecule has 1 atom stereocenters. The van der Waals surface area contributed by atoms with Crippen molar-refractivity contribution in [3.8, 4) is 0 Å². The predicted molar refractivity (Wildman–Crippen MR) is 88.5 cm³/mol. The van der Waals surface area contributed by atoms with E-state index in [1.807, 2.05) is 0 Å². The predicted octanol–water partition coefficient (Wildman–Crippen LogP) is 3.23. The average molecular weight is 343 g/mol. The number of amides is 3. The highest BCUT2D eigenvalue weighted by Crippen LogP contribution is 2.28. The zero-order chi connectivity index (χ0) is 18.0. The van der Waals surface area contributed by atoms with Crippen molar-refractivity contribution in [2.45, 2.75) is 13.0 Å². The molecule has 25 heavy (non-hydrogen) atoms. The zero-order valence-electron chi connectivity index (χ0n) is 13.3. The molecule has 0 fully saturated rings. The number of hydrogen-bond acceptors (Lipinski definition) is 2. The van der Waals surface area contributed by atoms with E-state index in [-0.39, 0.29) is 11.3 Å². The summed E-state index contributed by atoms with van der Waals surface area (Å²) >= 11 is 0. The van der Waals surface area contributed by atoms with Crippen LogP contribution in [0.4, 0.5) is 19.3 Å². The van der Waals surface area contributed by atoms with E-state index < -0.39 is 29.6 Å². The first-order valence-electron chi connectivity index (χ1n) is 7.55. The molecular formula is C18H15F2N3O2. The Balaban J connectivity index is 1.96. The van der Waals surface area contributed by atoms with Gasteiger partial charge >= 0.3 is 6.03 Å². The lowest BCUT2D eigenvalue weighted by Crippen LogP contribution is -2.46. The smallest absolute Gasteiger partial charge is 0.319 e. The number of urea groups is 1. The quantitative estimate of drug-likeness (QED) is 0.801. The van der Waals surface area contributed by atoms with Gasteiger partial charge in [0.2, 0.25) is 0 Å². The first-order valence-corrected chi connectivity index (χ1v) is 7.55. The first kappa shape index (κ1) is 16.6. The molecule has 3 rings (SSSR count). The fourth-order valence-electron chi connectivity index (χ4n) is 2.65. The van der Waals surface area contributed by atoms with Gasteiger partial charge in [-0.2, -0.15) is 0 Å². The summed E-state index contributed by atoms with van der Waals surface area (Å²) < 4.78 is 26.9. The van der Waals surface area contributed by atoms with Gasteiger partial charge < -0.3 is 16.0 Å². The number of hydrogen-bond donors (Lipinski definition) is 3. The van der Waals surface area contributed by atoms with Gasteiger partial charge in [-0.3, -0.25) is 4.79 Å². The Labute approximate surface area is 142 Å². The molecule has 2 aromatic rings. The molecule has 128 valence electrons. The van der Waals surface area contributed by atoms with Gasteiger partial charge in [-0.1, -0.05) is 24.3 Å². The normalized spacial score (nSPS) is 16.9. The van der Waals surface area contributed by atoms with Crippen molar-refractivity contribution in [1.82, 2.24) is 10.6 Å². The lowest BCUT2D eigenvalue weighted by Gasteiger charge is -2.28. The zero-order valence-corrected chi connectivity index (χ0v) is 13.3. The Morgan fingerprint density at radius 1 is 1.08 bits per heavy atom. The number of allylic oxidation sites excluding steroid dienone is 1. The number of carbonyl (C=O) groups is 2. The highest BCUT2D eigenvalue weighted by molar-refractivity contribution is 6.06. The largest absolute Gasteiger partial charge is 0.327 e. The fourth-order valence-corrected chi connectivity index (χ4v) is 2.65. The fraction of sp³-hybridized carbons (Fsp3) is 0.111. The van der Waals surface area contributed by atoms with Gasteiger partial charge in [0, 0.05) is 5.70 Å². The highest BCUT2D eigenvalue weighted by Gasteiger charge is 2.31. The lowest BCUT2D eigenvalue weighted by atomic mass is 9.95. The second-order valence-corrected chi connectivity index (χ2v) is 5.56. The molecule has 2 aromatic carbocycles. The second-order valence-electron chi connectivity index (χ2n) is 5.56. The summed E-state index contributed by atoms with van der Waals surface area (Å²) in [5.74, 6) is -1.56. The molecule has 0 spiro atoms. The Morgan fingerprint density at radius 2 is 1.76 bits per heavy atom. The molecule has 1 aliphatic rings. The number of rotatable bonds is 3. The van der Waals surface area contributed by atoms with Crippen LogP contribution in [0.15, 0.2) is 59.8 Å². The van der Waals surface area contributed by atoms with Crippen molar-refractivity contribution >= 4 is 17.6 Å². The maximum absolute atomic E-state index is 13.8. The molecule has 0 aliphatic carbocycles. The molecule has 0 bridgehead atoms. The summed E-state index contributed by atoms with van der Waals surface area (Å²) in [6.45, 7) is 1.57. The summed E-state index contributed by atoms with van der Waals surface area (Å²) in [4.78, 5) is 24.5. The molecular weight excluding hydrogens is 328 g/mol. The van der Waals surface area contributed by atoms with Crippen LogP contribution in [-0.2, 0) is 4.79 Å². The van der Waals surface area contributed by atoms with E-state index >= 15 is 0 Å². The first-order chi connectivity index (χ1) is 12.0. The molecule has 0 saturated heterocycles. The van der Waals surface area contributed by atoms with Gasteiger partial charge in [0.05, 0.1) is 17.3 Å². The summed E-state index contributed by atoms with van der Waals surface area (Å²) in [5, 5.41) is 7.65. The minimum absolute atomic E-state index is 0.0301. The topological polar surface area (TPSA) is 70.2 Å². The maximum Gasteiger partial charge on any atom is 0.319 e. The van der Waals surface area contributed by atoms with Crippen molar-refractivity contribution in [1.29, 1.82) is 0 Å². The van der Waals surface area contributed by atoms with Crippen molar-refractivity contribution in [3.05, 3.63) is 77.0 Å². The van der Waals surface area contributed by atoms with E-state index in [2.05, 4.69) is 16.0 Å². The molecule has 1 aliphatic heterocycles. The van der Waals surface area contributed by atoms with Crippen LogP contribution in [0.2, 0.25) is 0 Å². The summed E-state index contributed by atoms with van der Waals surface area (Å²) in [6, 6.07) is 9.97. The van der Waals surface area contributed by atoms with Gasteiger partial charge in [0.15, 0.2) is 0 Å². The van der Waals surface area contributed by atoms with E-state index in [1.165, 1.54) is 42.5 Å². The molecule has 0 saturated carbocycles. The van der Waals surface area contributed by atoms with Crippen molar-refractivity contribution in [2.75, 3.05) is 5.32 Å². The summed E-state index contributed by atoms with van der Waals surface area (Å²) in [5.41, 5.74) is 1.12. The van der Waals surface area contributed by atoms with Gasteiger partial charge in [0.25, 0.3) is 5.91 Å². The third kappa shape index (κ3) is 3.50. The number of anilines is 1. The highest BCUT2D eigenvalue weighted by atomic mass is 19.1. The number of halogens is 2. The average Bonchev–Trinajstić information content (AvgIpc) is 2.57. The van der Waals surface area contributed by atoms with E-state index in [0.29, 0.717) is 11.3 Å². The van der Waals surface area contributed by atoms with E-state index in [0.717, 1.165) is 0 Å². The molecule has 5 nitrogen and oxygen atoms in total. The molecule has 7 heteroatoms. The van der Waals surface area contributed by atoms with Crippen LogP contribution in [-0.4, -0.2) is 11.9 Å². The third-order valence-corrected chi connectivity index (χ3v) is 3.84. The Bertz CT molecular complexity index is 863. The standard InChI is InChI=1S/C18H15F2N3O2/c1-10-15(17(24)22-14-5-3-2-4-13(14)20)16(23-18(25)21-10)11-6-8-12(19)9-7-11/h2-9,16H,1H3,(H,22,24)(H2,21,23,25)/t16-/m0/s1. The minimum atomic E-state index is -0.777. The second kappa shape index (κ2) is 6.72. The van der Waals surface area contributed by atoms with Crippen LogP contribution in [0.1, 0.15) is 18.5 Å². The Kier molecular flexibility index (Phi) is 4.47. The van der Waals surface area contributed by atoms with Crippen LogP contribution in [0, 0.1) is 11.6 Å². The Morgan fingerprint density at radius 3 is 2.44 bits per heavy atom. The minimum Gasteiger partial charge on any atom is -0.327 e. The third-order valence-electron chi connectivity index (χ3n) is 3.84. The molecule has 0 aromatic heterocycles. The maximum atomic E-state index is 13.8. The number of benzene rings is 2. The lowest BCUT2D eigenvalue weighted by molar-refractivity contribution is -0.113. The van der Waals surface area contributed by atoms with Crippen LogP contribution >= 0.6 is 0 Å². The summed E-state index contributed by atoms with van der Waals surface area (Å²) in [7, 11) is 0. The monoisotopic (exact) mass is 343 g/mol. The number of carbonyl (C=O) groups excluding carboxylic acids is 2.